The van der Waals surface area contributed by atoms with Gasteiger partial charge in [0.05, 0.1) is 0 Å². The molecule has 0 nitrogen and oxygen atoms in total. The molecule has 32 heavy (non-hydrogen) atoms. The lowest BCUT2D eigenvalue weighted by Gasteiger charge is -2.08. The van der Waals surface area contributed by atoms with E-state index in [1.54, 1.807) is 0 Å². The first-order chi connectivity index (χ1) is 15.7. The van der Waals surface area contributed by atoms with Crippen LogP contribution in [0, 0.1) is 13.8 Å². The monoisotopic (exact) mass is 426 g/mol. The highest BCUT2D eigenvalue weighted by Gasteiger charge is 2.02. The molecule has 0 amide bonds. The van der Waals surface area contributed by atoms with E-state index in [9.17, 15) is 0 Å². The topological polar surface area (TPSA) is 0 Å². The van der Waals surface area contributed by atoms with Crippen molar-refractivity contribution in [3.05, 3.63) is 118 Å². The summed E-state index contributed by atoms with van der Waals surface area (Å²) >= 11 is 0. The van der Waals surface area contributed by atoms with Crippen molar-refractivity contribution in [3.63, 3.8) is 0 Å². The predicted octanol–water partition coefficient (Wildman–Crippen LogP) is 9.72. The lowest BCUT2D eigenvalue weighted by Crippen LogP contribution is -1.91. The molecule has 0 saturated carbocycles. The van der Waals surface area contributed by atoms with E-state index in [0.717, 1.165) is 12.8 Å². The molecule has 0 radical (unpaired) electrons. The molecule has 0 bridgehead atoms. The minimum atomic E-state index is 0.987. The van der Waals surface area contributed by atoms with Gasteiger partial charge < -0.3 is 0 Å². The van der Waals surface area contributed by atoms with Crippen molar-refractivity contribution in [2.75, 3.05) is 0 Å². The summed E-state index contributed by atoms with van der Waals surface area (Å²) in [6.07, 6.45) is 1.97. The summed E-state index contributed by atoms with van der Waals surface area (Å²) in [5, 5.41) is 2.64. The van der Waals surface area contributed by atoms with Gasteiger partial charge in [0.25, 0.3) is 0 Å². The predicted molar refractivity (Wildman–Crippen MR) is 146 cm³/mol. The quantitative estimate of drug-likeness (QED) is 0.304. The zero-order valence-corrected chi connectivity index (χ0v) is 21.5. The van der Waals surface area contributed by atoms with E-state index in [-0.39, 0.29) is 0 Å². The number of hydrogen-bond acceptors (Lipinski definition) is 0. The van der Waals surface area contributed by atoms with Gasteiger partial charge in [-0.3, -0.25) is 0 Å². The molecule has 0 spiro atoms. The number of rotatable bonds is 4. The minimum absolute atomic E-state index is 0.987. The molecule has 0 atom stereocenters. The van der Waals surface area contributed by atoms with Crippen LogP contribution in [0.1, 0.15) is 74.9 Å². The van der Waals surface area contributed by atoms with Gasteiger partial charge in [-0.2, -0.15) is 0 Å². The Bertz CT molecular complexity index is 935. The van der Waals surface area contributed by atoms with Crippen LogP contribution in [-0.2, 0) is 12.8 Å². The summed E-state index contributed by atoms with van der Waals surface area (Å²) in [7, 11) is 0. The molecule has 0 aliphatic heterocycles. The highest BCUT2D eigenvalue weighted by Crippen LogP contribution is 2.21. The normalized spacial score (nSPS) is 9.50. The molecular weight excluding hydrogens is 384 g/mol. The van der Waals surface area contributed by atoms with Crippen LogP contribution >= 0.6 is 0 Å². The number of fused-ring (bicyclic) bond motifs is 1. The van der Waals surface area contributed by atoms with Gasteiger partial charge in [0.15, 0.2) is 0 Å². The summed E-state index contributed by atoms with van der Waals surface area (Å²) in [6, 6.07) is 31.4. The molecule has 0 heterocycles. The Morgan fingerprint density at radius 2 is 0.656 bits per heavy atom. The highest BCUT2D eigenvalue weighted by atomic mass is 14.1. The average molecular weight is 427 g/mol. The number of aryl methyl sites for hydroxylation is 2. The van der Waals surface area contributed by atoms with E-state index in [1.807, 2.05) is 41.5 Å². The van der Waals surface area contributed by atoms with Gasteiger partial charge in [-0.15, -0.1) is 0 Å². The van der Waals surface area contributed by atoms with E-state index in [4.69, 9.17) is 0 Å². The van der Waals surface area contributed by atoms with Crippen molar-refractivity contribution in [1.29, 1.82) is 0 Å². The summed E-state index contributed by atoms with van der Waals surface area (Å²) in [5.41, 5.74) is 8.10. The molecule has 0 aromatic heterocycles. The molecule has 4 aromatic rings. The first-order valence-electron chi connectivity index (χ1n) is 12.3. The molecule has 0 unspecified atom stereocenters. The van der Waals surface area contributed by atoms with Crippen LogP contribution < -0.4 is 0 Å². The fourth-order valence-corrected chi connectivity index (χ4v) is 3.45. The van der Waals surface area contributed by atoms with Crippen LogP contribution in [0.2, 0.25) is 0 Å². The third-order valence-electron chi connectivity index (χ3n) is 5.03. The molecule has 0 aliphatic carbocycles. The number of benzene rings is 4. The fourth-order valence-electron chi connectivity index (χ4n) is 3.45. The smallest absolute Gasteiger partial charge is 0.00255 e. The van der Waals surface area contributed by atoms with Crippen molar-refractivity contribution in [1.82, 2.24) is 0 Å². The van der Waals surface area contributed by atoms with Crippen LogP contribution in [-0.4, -0.2) is 0 Å². The van der Waals surface area contributed by atoms with Gasteiger partial charge in [-0.25, -0.2) is 0 Å². The van der Waals surface area contributed by atoms with Gasteiger partial charge in [-0.05, 0) is 59.7 Å². The molecule has 0 aliphatic rings. The second-order valence-electron chi connectivity index (χ2n) is 7.34. The lowest BCUT2D eigenvalue weighted by atomic mass is 9.97. The van der Waals surface area contributed by atoms with Crippen molar-refractivity contribution in [3.8, 4) is 0 Å². The second-order valence-corrected chi connectivity index (χ2v) is 7.34. The fraction of sp³-hybridized carbons (Fsp3) is 0.312. The Kier molecular flexibility index (Phi) is 12.8. The van der Waals surface area contributed by atoms with Crippen molar-refractivity contribution >= 4 is 10.8 Å². The summed E-state index contributed by atoms with van der Waals surface area (Å²) < 4.78 is 0. The van der Waals surface area contributed by atoms with Crippen LogP contribution in [0.5, 0.6) is 0 Å². The number of hydrogen-bond donors (Lipinski definition) is 0. The summed E-state index contributed by atoms with van der Waals surface area (Å²) in [4.78, 5) is 0. The van der Waals surface area contributed by atoms with E-state index >= 15 is 0 Å². The third kappa shape index (κ3) is 8.35. The minimum Gasteiger partial charge on any atom is -0.0683 e. The molecule has 0 fully saturated rings. The molecule has 170 valence electrons. The largest absolute Gasteiger partial charge is 0.0683 e. The van der Waals surface area contributed by atoms with Crippen molar-refractivity contribution in [2.45, 2.75) is 68.2 Å². The maximum absolute atomic E-state index is 2.32. The van der Waals surface area contributed by atoms with Gasteiger partial charge >= 0.3 is 0 Å². The maximum atomic E-state index is 2.32. The Morgan fingerprint density at radius 1 is 0.375 bits per heavy atom. The maximum Gasteiger partial charge on any atom is -0.00255 e. The highest BCUT2D eigenvalue weighted by molar-refractivity contribution is 5.84. The SMILES string of the molecule is CC.CC.CC.Cc1ccc(Cc2ccc3cc(Cc4ccc(C)cc4)ccc3c2)cc1. The van der Waals surface area contributed by atoms with Gasteiger partial charge in [-0.1, -0.05) is 138 Å². The van der Waals surface area contributed by atoms with Crippen LogP contribution in [0.15, 0.2) is 84.9 Å². The van der Waals surface area contributed by atoms with Crippen LogP contribution in [0.3, 0.4) is 0 Å². The Morgan fingerprint density at radius 3 is 0.969 bits per heavy atom. The van der Waals surface area contributed by atoms with E-state index in [0.29, 0.717) is 0 Å². The zero-order chi connectivity index (χ0) is 23.9. The standard InChI is InChI=1S/C26H24.3C2H6/c1-19-3-7-21(8-4-19)15-23-11-13-26-18-24(12-14-25(26)17-23)16-22-9-5-20(2)6-10-22;3*1-2/h3-14,17-18H,15-16H2,1-2H3;3*1-2H3. The Balaban J connectivity index is 0.000000789. The van der Waals surface area contributed by atoms with Crippen molar-refractivity contribution < 1.29 is 0 Å². The Hall–Kier alpha value is -2.86. The van der Waals surface area contributed by atoms with E-state index in [2.05, 4.69) is 98.8 Å². The first-order valence-corrected chi connectivity index (χ1v) is 12.3. The van der Waals surface area contributed by atoms with E-state index in [1.165, 1.54) is 44.2 Å². The molecule has 0 saturated heterocycles. The van der Waals surface area contributed by atoms with Crippen LogP contribution in [0.4, 0.5) is 0 Å². The summed E-state index contributed by atoms with van der Waals surface area (Å²) in [5.74, 6) is 0. The second kappa shape index (κ2) is 15.0. The Labute approximate surface area is 197 Å². The van der Waals surface area contributed by atoms with Crippen molar-refractivity contribution in [2.24, 2.45) is 0 Å². The lowest BCUT2D eigenvalue weighted by molar-refractivity contribution is 1.18. The third-order valence-corrected chi connectivity index (χ3v) is 5.03. The molecule has 0 heteroatoms. The molecular formula is C32H42. The first kappa shape index (κ1) is 27.2. The molecule has 0 N–H and O–H groups in total. The molecule has 4 rings (SSSR count). The van der Waals surface area contributed by atoms with Crippen LogP contribution in [0.25, 0.3) is 10.8 Å². The molecule has 4 aromatic carbocycles. The zero-order valence-electron chi connectivity index (χ0n) is 21.5. The average Bonchev–Trinajstić information content (AvgIpc) is 2.86. The summed E-state index contributed by atoms with van der Waals surface area (Å²) in [6.45, 7) is 16.3. The van der Waals surface area contributed by atoms with Gasteiger partial charge in [0, 0.05) is 0 Å². The van der Waals surface area contributed by atoms with Gasteiger partial charge in [0.1, 0.15) is 0 Å². The van der Waals surface area contributed by atoms with E-state index < -0.39 is 0 Å². The van der Waals surface area contributed by atoms with Gasteiger partial charge in [0.2, 0.25) is 0 Å².